The summed E-state index contributed by atoms with van der Waals surface area (Å²) >= 11 is 0. The molecule has 0 aromatic heterocycles. The maximum Gasteiger partial charge on any atom is 0.303 e. The van der Waals surface area contributed by atoms with Crippen LogP contribution in [-0.4, -0.2) is 11.1 Å². The maximum absolute atomic E-state index is 10.3. The Morgan fingerprint density at radius 3 is 2.33 bits per heavy atom. The number of hydrogen-bond donors (Lipinski definition) is 1. The summed E-state index contributed by atoms with van der Waals surface area (Å²) in [6.07, 6.45) is 3.76. The molecule has 0 bridgehead atoms. The summed E-state index contributed by atoms with van der Waals surface area (Å²) in [4.78, 5) is 10.3. The van der Waals surface area contributed by atoms with Crippen molar-refractivity contribution < 1.29 is 9.90 Å². The van der Waals surface area contributed by atoms with Crippen molar-refractivity contribution >= 4 is 5.97 Å². The fraction of sp³-hybridized carbons (Fsp3) is 0.900. The molecule has 0 heterocycles. The van der Waals surface area contributed by atoms with Crippen molar-refractivity contribution in [3.8, 4) is 0 Å². The van der Waals surface area contributed by atoms with Gasteiger partial charge in [-0.1, -0.05) is 33.6 Å². The molecule has 1 N–H and O–H groups in total. The van der Waals surface area contributed by atoms with Gasteiger partial charge in [-0.15, -0.1) is 0 Å². The van der Waals surface area contributed by atoms with E-state index in [9.17, 15) is 4.79 Å². The molecular weight excluding hydrogens is 152 g/mol. The van der Waals surface area contributed by atoms with E-state index < -0.39 is 5.97 Å². The van der Waals surface area contributed by atoms with Crippen LogP contribution in [0, 0.1) is 11.8 Å². The molecule has 0 aliphatic heterocycles. The second-order valence-corrected chi connectivity index (χ2v) is 3.83. The van der Waals surface area contributed by atoms with Gasteiger partial charge in [0.25, 0.3) is 0 Å². The molecule has 0 amide bonds. The minimum absolute atomic E-state index is 0.314. The largest absolute Gasteiger partial charge is 0.481 e. The van der Waals surface area contributed by atoms with Gasteiger partial charge in [0.05, 0.1) is 0 Å². The Hall–Kier alpha value is -0.530. The molecule has 72 valence electrons. The third kappa shape index (κ3) is 6.20. The van der Waals surface area contributed by atoms with Gasteiger partial charge in [0.1, 0.15) is 0 Å². The van der Waals surface area contributed by atoms with Gasteiger partial charge in [0.15, 0.2) is 0 Å². The molecule has 0 aliphatic carbocycles. The molecule has 0 radical (unpaired) electrons. The van der Waals surface area contributed by atoms with E-state index in [1.165, 1.54) is 12.8 Å². The van der Waals surface area contributed by atoms with Crippen LogP contribution in [0.1, 0.15) is 46.5 Å². The lowest BCUT2D eigenvalue weighted by molar-refractivity contribution is -0.138. The van der Waals surface area contributed by atoms with Gasteiger partial charge in [-0.25, -0.2) is 0 Å². The lowest BCUT2D eigenvalue weighted by atomic mass is 9.92. The predicted octanol–water partition coefficient (Wildman–Crippen LogP) is 2.92. The molecule has 2 atom stereocenters. The summed E-state index contributed by atoms with van der Waals surface area (Å²) in [5, 5.41) is 8.53. The van der Waals surface area contributed by atoms with Gasteiger partial charge < -0.3 is 5.11 Å². The second-order valence-electron chi connectivity index (χ2n) is 3.83. The zero-order valence-corrected chi connectivity index (χ0v) is 8.34. The van der Waals surface area contributed by atoms with Crippen LogP contribution in [-0.2, 0) is 4.79 Å². The van der Waals surface area contributed by atoms with Crippen LogP contribution in [0.3, 0.4) is 0 Å². The molecule has 0 unspecified atom stereocenters. The van der Waals surface area contributed by atoms with E-state index in [-0.39, 0.29) is 0 Å². The highest BCUT2D eigenvalue weighted by atomic mass is 16.4. The van der Waals surface area contributed by atoms with Crippen LogP contribution >= 0.6 is 0 Å². The van der Waals surface area contributed by atoms with Crippen LogP contribution < -0.4 is 0 Å². The molecule has 0 aromatic carbocycles. The summed E-state index contributed by atoms with van der Waals surface area (Å²) in [5.41, 5.74) is 0. The number of carbonyl (C=O) groups is 1. The van der Waals surface area contributed by atoms with Gasteiger partial charge in [0.2, 0.25) is 0 Å². The third-order valence-corrected chi connectivity index (χ3v) is 2.11. The topological polar surface area (TPSA) is 37.3 Å². The molecule has 2 nitrogen and oxygen atoms in total. The fourth-order valence-corrected chi connectivity index (χ4v) is 1.68. The Bertz CT molecular complexity index is 132. The average molecular weight is 172 g/mol. The Balaban J connectivity index is 3.53. The quantitative estimate of drug-likeness (QED) is 0.668. The first-order valence-electron chi connectivity index (χ1n) is 4.78. The van der Waals surface area contributed by atoms with Gasteiger partial charge in [-0.05, 0) is 18.3 Å². The van der Waals surface area contributed by atoms with Gasteiger partial charge in [0, 0.05) is 6.42 Å². The van der Waals surface area contributed by atoms with E-state index in [4.69, 9.17) is 5.11 Å². The van der Waals surface area contributed by atoms with E-state index in [0.29, 0.717) is 18.3 Å². The minimum Gasteiger partial charge on any atom is -0.481 e. The predicted molar refractivity (Wildman–Crippen MR) is 50.1 cm³/mol. The Morgan fingerprint density at radius 1 is 1.33 bits per heavy atom. The number of carboxylic acid groups (broad SMARTS) is 1. The Morgan fingerprint density at radius 2 is 1.92 bits per heavy atom. The number of hydrogen-bond acceptors (Lipinski definition) is 1. The molecular formula is C10H20O2. The number of rotatable bonds is 6. The molecule has 0 saturated carbocycles. The summed E-state index contributed by atoms with van der Waals surface area (Å²) in [5.74, 6) is 0.319. The molecule has 0 aliphatic rings. The first-order valence-corrected chi connectivity index (χ1v) is 4.78. The molecule has 12 heavy (non-hydrogen) atoms. The lowest BCUT2D eigenvalue weighted by Crippen LogP contribution is -2.08. The molecule has 0 spiro atoms. The smallest absolute Gasteiger partial charge is 0.303 e. The van der Waals surface area contributed by atoms with Crippen LogP contribution in [0.15, 0.2) is 0 Å². The van der Waals surface area contributed by atoms with Gasteiger partial charge in [-0.3, -0.25) is 4.79 Å². The first kappa shape index (κ1) is 11.5. The van der Waals surface area contributed by atoms with Gasteiger partial charge >= 0.3 is 5.97 Å². The Kier molecular flexibility index (Phi) is 5.77. The van der Waals surface area contributed by atoms with E-state index in [2.05, 4.69) is 13.8 Å². The Labute approximate surface area is 75.0 Å². The van der Waals surface area contributed by atoms with E-state index in [0.717, 1.165) is 6.42 Å². The monoisotopic (exact) mass is 172 g/mol. The highest BCUT2D eigenvalue weighted by Crippen LogP contribution is 2.18. The van der Waals surface area contributed by atoms with E-state index in [1.54, 1.807) is 0 Å². The van der Waals surface area contributed by atoms with Crippen molar-refractivity contribution in [3.05, 3.63) is 0 Å². The number of aliphatic carboxylic acids is 1. The SMILES string of the molecule is CCC[C@@H](C)C[C@H](C)CC(=O)O. The van der Waals surface area contributed by atoms with Crippen molar-refractivity contribution in [1.82, 2.24) is 0 Å². The third-order valence-electron chi connectivity index (χ3n) is 2.11. The molecule has 0 aromatic rings. The van der Waals surface area contributed by atoms with Crippen molar-refractivity contribution in [2.75, 3.05) is 0 Å². The highest BCUT2D eigenvalue weighted by Gasteiger charge is 2.10. The van der Waals surface area contributed by atoms with Crippen molar-refractivity contribution in [2.24, 2.45) is 11.8 Å². The average Bonchev–Trinajstić information content (AvgIpc) is 1.84. The van der Waals surface area contributed by atoms with Gasteiger partial charge in [-0.2, -0.15) is 0 Å². The van der Waals surface area contributed by atoms with E-state index in [1.807, 2.05) is 6.92 Å². The summed E-state index contributed by atoms with van der Waals surface area (Å²) < 4.78 is 0. The molecule has 0 saturated heterocycles. The standard InChI is InChI=1S/C10H20O2/c1-4-5-8(2)6-9(3)7-10(11)12/h8-9H,4-7H2,1-3H3,(H,11,12)/t8-,9+/m1/s1. The number of carboxylic acids is 1. The summed E-state index contributed by atoms with van der Waals surface area (Å²) in [6.45, 7) is 6.38. The summed E-state index contributed by atoms with van der Waals surface area (Å²) in [7, 11) is 0. The van der Waals surface area contributed by atoms with Crippen molar-refractivity contribution in [3.63, 3.8) is 0 Å². The molecule has 2 heteroatoms. The van der Waals surface area contributed by atoms with Crippen molar-refractivity contribution in [1.29, 1.82) is 0 Å². The summed E-state index contributed by atoms with van der Waals surface area (Å²) in [6, 6.07) is 0. The zero-order valence-electron chi connectivity index (χ0n) is 8.34. The van der Waals surface area contributed by atoms with Crippen LogP contribution in [0.4, 0.5) is 0 Å². The van der Waals surface area contributed by atoms with E-state index >= 15 is 0 Å². The second kappa shape index (κ2) is 6.04. The maximum atomic E-state index is 10.3. The van der Waals surface area contributed by atoms with Crippen molar-refractivity contribution in [2.45, 2.75) is 46.5 Å². The molecule has 0 rings (SSSR count). The fourth-order valence-electron chi connectivity index (χ4n) is 1.68. The zero-order chi connectivity index (χ0) is 9.56. The highest BCUT2D eigenvalue weighted by molar-refractivity contribution is 5.66. The molecule has 0 fully saturated rings. The minimum atomic E-state index is -0.675. The normalized spacial score (nSPS) is 15.6. The lowest BCUT2D eigenvalue weighted by Gasteiger charge is -2.14. The van der Waals surface area contributed by atoms with Crippen LogP contribution in [0.2, 0.25) is 0 Å². The van der Waals surface area contributed by atoms with Crippen LogP contribution in [0.5, 0.6) is 0 Å². The van der Waals surface area contributed by atoms with Crippen LogP contribution in [0.25, 0.3) is 0 Å². The first-order chi connectivity index (χ1) is 5.56.